The van der Waals surface area contributed by atoms with Crippen LogP contribution in [0.2, 0.25) is 0 Å². The monoisotopic (exact) mass is 317 g/mol. The average Bonchev–Trinajstić information content (AvgIpc) is 3.01. The van der Waals surface area contributed by atoms with E-state index in [9.17, 15) is 13.2 Å². The molecular weight excluding hydrogens is 305 g/mol. The van der Waals surface area contributed by atoms with Crippen LogP contribution in [0.4, 0.5) is 13.2 Å². The third kappa shape index (κ3) is 3.06. The fourth-order valence-electron chi connectivity index (χ4n) is 2.20. The molecule has 1 radical (unpaired) electrons. The Labute approximate surface area is 130 Å². The lowest BCUT2D eigenvalue weighted by Gasteiger charge is -2.08. The number of nitrogens with zero attached hydrogens (tertiary/aromatic N) is 2. The Hall–Kier alpha value is -2.76. The van der Waals surface area contributed by atoms with Gasteiger partial charge in [-0.1, -0.05) is 18.2 Å². The zero-order chi connectivity index (χ0) is 16.4. The molecule has 0 N–H and O–H groups in total. The molecule has 0 atom stereocenters. The van der Waals surface area contributed by atoms with E-state index in [1.54, 1.807) is 48.5 Å². The number of rotatable bonds is 3. The molecule has 0 bridgehead atoms. The van der Waals surface area contributed by atoms with Crippen molar-refractivity contribution >= 4 is 0 Å². The van der Waals surface area contributed by atoms with Crippen LogP contribution in [0.25, 0.3) is 16.9 Å². The number of methoxy groups -OCH3 is 1. The van der Waals surface area contributed by atoms with Crippen LogP contribution in [0.1, 0.15) is 5.69 Å². The van der Waals surface area contributed by atoms with E-state index in [0.717, 1.165) is 6.07 Å². The molecule has 3 rings (SSSR count). The maximum absolute atomic E-state index is 13.0. The van der Waals surface area contributed by atoms with Gasteiger partial charge in [0.2, 0.25) is 0 Å². The minimum atomic E-state index is -4.51. The summed E-state index contributed by atoms with van der Waals surface area (Å²) in [5, 5.41) is 3.72. The molecule has 0 aliphatic carbocycles. The highest BCUT2D eigenvalue weighted by Gasteiger charge is 2.35. The molecule has 0 amide bonds. The minimum absolute atomic E-state index is 0.347. The number of alkyl halides is 3. The first-order chi connectivity index (χ1) is 11.0. The zero-order valence-electron chi connectivity index (χ0n) is 12.1. The summed E-state index contributed by atoms with van der Waals surface area (Å²) < 4.78 is 45.4. The van der Waals surface area contributed by atoms with E-state index in [1.807, 2.05) is 0 Å². The van der Waals surface area contributed by atoms with Crippen molar-refractivity contribution in [1.82, 2.24) is 9.78 Å². The standard InChI is InChI=1S/C17H12F3N2O/c1-23-14-9-7-13(8-10-14)22-15(12-5-3-2-4-6-12)11-16(21-22)17(18,19)20/h2-3,5-11H,1H3. The third-order valence-corrected chi connectivity index (χ3v) is 3.32. The van der Waals surface area contributed by atoms with Gasteiger partial charge < -0.3 is 4.74 Å². The first kappa shape index (κ1) is 15.1. The fraction of sp³-hybridized carbons (Fsp3) is 0.118. The number of aromatic nitrogens is 2. The van der Waals surface area contributed by atoms with Crippen LogP contribution < -0.4 is 4.74 Å². The van der Waals surface area contributed by atoms with Gasteiger partial charge in [-0.3, -0.25) is 0 Å². The van der Waals surface area contributed by atoms with Crippen molar-refractivity contribution in [3.8, 4) is 22.7 Å². The lowest BCUT2D eigenvalue weighted by atomic mass is 10.1. The van der Waals surface area contributed by atoms with Crippen LogP contribution in [0, 0.1) is 6.07 Å². The molecule has 1 aromatic heterocycles. The van der Waals surface area contributed by atoms with Gasteiger partial charge in [-0.05, 0) is 42.5 Å². The summed E-state index contributed by atoms with van der Waals surface area (Å²) in [7, 11) is 1.52. The molecule has 23 heavy (non-hydrogen) atoms. The van der Waals surface area contributed by atoms with Crippen molar-refractivity contribution in [3.05, 3.63) is 66.4 Å². The predicted octanol–water partition coefficient (Wildman–Crippen LogP) is 4.37. The van der Waals surface area contributed by atoms with Crippen molar-refractivity contribution in [2.24, 2.45) is 0 Å². The Morgan fingerprint density at radius 3 is 2.43 bits per heavy atom. The number of ether oxygens (including phenoxy) is 1. The second-order valence-electron chi connectivity index (χ2n) is 4.81. The van der Waals surface area contributed by atoms with Gasteiger partial charge in [0.05, 0.1) is 18.5 Å². The first-order valence-electron chi connectivity index (χ1n) is 6.77. The summed E-state index contributed by atoms with van der Waals surface area (Å²) in [5.41, 5.74) is 0.526. The van der Waals surface area contributed by atoms with Crippen molar-refractivity contribution in [2.75, 3.05) is 7.11 Å². The van der Waals surface area contributed by atoms with Gasteiger partial charge in [0.1, 0.15) is 5.75 Å². The molecule has 2 aromatic carbocycles. The molecule has 117 valence electrons. The van der Waals surface area contributed by atoms with Gasteiger partial charge in [0.25, 0.3) is 0 Å². The number of hydrogen-bond acceptors (Lipinski definition) is 2. The SMILES string of the molecule is COc1ccc(-n2nc(C(F)(F)F)cc2-c2c[c]ccc2)cc1. The normalized spacial score (nSPS) is 11.5. The summed E-state index contributed by atoms with van der Waals surface area (Å²) >= 11 is 0. The Morgan fingerprint density at radius 2 is 1.87 bits per heavy atom. The van der Waals surface area contributed by atoms with Crippen LogP contribution in [0.3, 0.4) is 0 Å². The van der Waals surface area contributed by atoms with E-state index in [0.29, 0.717) is 22.7 Å². The Kier molecular flexibility index (Phi) is 3.82. The molecule has 0 aliphatic rings. The van der Waals surface area contributed by atoms with Crippen molar-refractivity contribution < 1.29 is 17.9 Å². The average molecular weight is 317 g/mol. The van der Waals surface area contributed by atoms with E-state index >= 15 is 0 Å². The topological polar surface area (TPSA) is 27.1 Å². The summed E-state index contributed by atoms with van der Waals surface area (Å²) in [6, 6.07) is 17.3. The summed E-state index contributed by atoms with van der Waals surface area (Å²) in [6.07, 6.45) is -4.51. The largest absolute Gasteiger partial charge is 0.497 e. The van der Waals surface area contributed by atoms with Crippen LogP contribution in [0.15, 0.2) is 54.6 Å². The molecule has 0 saturated carbocycles. The van der Waals surface area contributed by atoms with Crippen molar-refractivity contribution in [1.29, 1.82) is 0 Å². The second kappa shape index (κ2) is 5.79. The molecule has 0 fully saturated rings. The zero-order valence-corrected chi connectivity index (χ0v) is 12.1. The van der Waals surface area contributed by atoms with E-state index in [-0.39, 0.29) is 0 Å². The maximum Gasteiger partial charge on any atom is 0.435 e. The van der Waals surface area contributed by atoms with Gasteiger partial charge in [0, 0.05) is 5.56 Å². The lowest BCUT2D eigenvalue weighted by molar-refractivity contribution is -0.141. The van der Waals surface area contributed by atoms with Crippen LogP contribution in [-0.2, 0) is 6.18 Å². The van der Waals surface area contributed by atoms with E-state index in [2.05, 4.69) is 11.2 Å². The van der Waals surface area contributed by atoms with Gasteiger partial charge in [-0.25, -0.2) is 4.68 Å². The minimum Gasteiger partial charge on any atom is -0.497 e. The van der Waals surface area contributed by atoms with E-state index in [1.165, 1.54) is 11.8 Å². The van der Waals surface area contributed by atoms with Crippen LogP contribution >= 0.6 is 0 Å². The number of benzene rings is 2. The van der Waals surface area contributed by atoms with Gasteiger partial charge in [-0.2, -0.15) is 18.3 Å². The summed E-state index contributed by atoms with van der Waals surface area (Å²) in [6.45, 7) is 0. The van der Waals surface area contributed by atoms with Gasteiger partial charge in [0.15, 0.2) is 5.69 Å². The summed E-state index contributed by atoms with van der Waals surface area (Å²) in [4.78, 5) is 0. The van der Waals surface area contributed by atoms with Gasteiger partial charge >= 0.3 is 6.18 Å². The molecule has 3 nitrogen and oxygen atoms in total. The Bertz CT molecular complexity index is 793. The van der Waals surface area contributed by atoms with Gasteiger partial charge in [-0.15, -0.1) is 0 Å². The lowest BCUT2D eigenvalue weighted by Crippen LogP contribution is -2.07. The van der Waals surface area contributed by atoms with E-state index < -0.39 is 11.9 Å². The quantitative estimate of drug-likeness (QED) is 0.717. The molecule has 0 unspecified atom stereocenters. The maximum atomic E-state index is 13.0. The van der Waals surface area contributed by atoms with Crippen LogP contribution in [-0.4, -0.2) is 16.9 Å². The molecule has 0 aliphatic heterocycles. The smallest absolute Gasteiger partial charge is 0.435 e. The fourth-order valence-corrected chi connectivity index (χ4v) is 2.20. The van der Waals surface area contributed by atoms with E-state index in [4.69, 9.17) is 4.74 Å². The van der Waals surface area contributed by atoms with Crippen molar-refractivity contribution in [3.63, 3.8) is 0 Å². The third-order valence-electron chi connectivity index (χ3n) is 3.32. The molecule has 0 saturated heterocycles. The van der Waals surface area contributed by atoms with Crippen LogP contribution in [0.5, 0.6) is 5.75 Å². The van der Waals surface area contributed by atoms with Crippen molar-refractivity contribution in [2.45, 2.75) is 6.18 Å². The molecule has 3 aromatic rings. The highest BCUT2D eigenvalue weighted by Crippen LogP contribution is 2.33. The summed E-state index contributed by atoms with van der Waals surface area (Å²) in [5.74, 6) is 0.617. The Morgan fingerprint density at radius 1 is 1.13 bits per heavy atom. The first-order valence-corrected chi connectivity index (χ1v) is 6.77. The number of hydrogen-bond donors (Lipinski definition) is 0. The molecule has 1 heterocycles. The molecular formula is C17H12F3N2O. The number of halogens is 3. The molecule has 0 spiro atoms. The highest BCUT2D eigenvalue weighted by atomic mass is 19.4. The second-order valence-corrected chi connectivity index (χ2v) is 4.81. The predicted molar refractivity (Wildman–Crippen MR) is 79.4 cm³/mol. The Balaban J connectivity index is 2.15. The highest BCUT2D eigenvalue weighted by molar-refractivity contribution is 5.62. The molecule has 6 heteroatoms.